The molecule has 2 aromatic carbocycles. The summed E-state index contributed by atoms with van der Waals surface area (Å²) < 4.78 is 31.3. The maximum atomic E-state index is 12.2. The van der Waals surface area contributed by atoms with E-state index in [1.165, 1.54) is 10.6 Å². The van der Waals surface area contributed by atoms with Crippen molar-refractivity contribution >= 4 is 21.6 Å². The van der Waals surface area contributed by atoms with Gasteiger partial charge in [-0.3, -0.25) is 9.10 Å². The molecule has 0 saturated carbocycles. The number of benzene rings is 2. The molecule has 0 radical (unpaired) electrons. The van der Waals surface area contributed by atoms with Gasteiger partial charge in [0.2, 0.25) is 15.9 Å². The number of anilines is 1. The Balaban J connectivity index is 1.79. The monoisotopic (exact) mass is 418 g/mol. The zero-order valence-electron chi connectivity index (χ0n) is 17.5. The molecular formula is C22H30N2O4S. The van der Waals surface area contributed by atoms with E-state index in [1.807, 2.05) is 57.2 Å². The molecule has 0 heterocycles. The Morgan fingerprint density at radius 3 is 2.14 bits per heavy atom. The second kappa shape index (κ2) is 10.3. The highest BCUT2D eigenvalue weighted by molar-refractivity contribution is 7.92. The molecule has 0 spiro atoms. The third kappa shape index (κ3) is 7.77. The molecule has 0 aliphatic heterocycles. The minimum atomic E-state index is -3.41. The molecule has 7 heteroatoms. The summed E-state index contributed by atoms with van der Waals surface area (Å²) >= 11 is 0. The molecule has 0 fully saturated rings. The summed E-state index contributed by atoms with van der Waals surface area (Å²) in [5.74, 6) is 0.640. The minimum Gasteiger partial charge on any atom is -0.491 e. The average molecular weight is 419 g/mol. The number of nitrogens with one attached hydrogen (secondary N) is 1. The van der Waals surface area contributed by atoms with Gasteiger partial charge in [0.1, 0.15) is 12.4 Å². The van der Waals surface area contributed by atoms with Crippen molar-refractivity contribution in [3.63, 3.8) is 0 Å². The molecule has 2 rings (SSSR count). The fourth-order valence-electron chi connectivity index (χ4n) is 2.83. The van der Waals surface area contributed by atoms with Crippen LogP contribution in [0.4, 0.5) is 5.69 Å². The fourth-order valence-corrected chi connectivity index (χ4v) is 3.79. The summed E-state index contributed by atoms with van der Waals surface area (Å²) in [6.45, 7) is 6.46. The zero-order chi connectivity index (χ0) is 21.4. The van der Waals surface area contributed by atoms with Crippen LogP contribution in [0.3, 0.4) is 0 Å². The van der Waals surface area contributed by atoms with Crippen LogP contribution in [0.25, 0.3) is 0 Å². The molecule has 1 N–H and O–H groups in total. The Bertz CT molecular complexity index is 893. The molecule has 2 aromatic rings. The highest BCUT2D eigenvalue weighted by Gasteiger charge is 2.17. The smallest absolute Gasteiger partial charge is 0.232 e. The van der Waals surface area contributed by atoms with E-state index in [9.17, 15) is 13.2 Å². The number of rotatable bonds is 10. The third-order valence-corrected chi connectivity index (χ3v) is 5.61. The van der Waals surface area contributed by atoms with Crippen molar-refractivity contribution in [1.82, 2.24) is 5.32 Å². The Hall–Kier alpha value is -2.54. The summed E-state index contributed by atoms with van der Waals surface area (Å²) in [5.41, 5.74) is 2.83. The van der Waals surface area contributed by atoms with Crippen LogP contribution in [0.5, 0.6) is 5.75 Å². The van der Waals surface area contributed by atoms with Crippen molar-refractivity contribution in [2.45, 2.75) is 39.7 Å². The first kappa shape index (κ1) is 22.7. The highest BCUT2D eigenvalue weighted by atomic mass is 32.2. The number of nitrogens with zero attached hydrogens (tertiary/aromatic N) is 1. The number of aryl methyl sites for hydroxylation is 2. The molecular weight excluding hydrogens is 388 g/mol. The number of ether oxygens (including phenoxy) is 1. The van der Waals surface area contributed by atoms with E-state index < -0.39 is 10.0 Å². The van der Waals surface area contributed by atoms with Crippen molar-refractivity contribution in [2.24, 2.45) is 0 Å². The van der Waals surface area contributed by atoms with Crippen LogP contribution < -0.4 is 14.4 Å². The molecule has 0 aliphatic carbocycles. The Morgan fingerprint density at radius 1 is 1.03 bits per heavy atom. The average Bonchev–Trinajstić information content (AvgIpc) is 2.65. The van der Waals surface area contributed by atoms with Gasteiger partial charge in [0.25, 0.3) is 0 Å². The Kier molecular flexibility index (Phi) is 8.08. The topological polar surface area (TPSA) is 75.7 Å². The second-order valence-electron chi connectivity index (χ2n) is 7.37. The van der Waals surface area contributed by atoms with Crippen molar-refractivity contribution in [3.05, 3.63) is 59.7 Å². The molecule has 0 unspecified atom stereocenters. The molecule has 1 atom stereocenters. The predicted molar refractivity (Wildman–Crippen MR) is 117 cm³/mol. The lowest BCUT2D eigenvalue weighted by Crippen LogP contribution is -2.37. The number of sulfonamides is 1. The lowest BCUT2D eigenvalue weighted by atomic mass is 10.2. The van der Waals surface area contributed by atoms with Gasteiger partial charge in [-0.2, -0.15) is 0 Å². The van der Waals surface area contributed by atoms with Crippen molar-refractivity contribution in [1.29, 1.82) is 0 Å². The van der Waals surface area contributed by atoms with E-state index in [0.717, 1.165) is 16.9 Å². The standard InChI is InChI=1S/C22H30N2O4S/c1-17-7-11-20(12-8-17)24(29(4,26)27)15-5-6-22(25)23-19(3)16-28-21-13-9-18(2)10-14-21/h7-14,19H,5-6,15-16H2,1-4H3,(H,23,25)/t19-/m1/s1. The molecule has 6 nitrogen and oxygen atoms in total. The van der Waals surface area contributed by atoms with Crippen molar-refractivity contribution in [3.8, 4) is 5.75 Å². The third-order valence-electron chi connectivity index (χ3n) is 4.42. The van der Waals surface area contributed by atoms with Gasteiger partial charge in [-0.25, -0.2) is 8.42 Å². The number of hydrogen-bond donors (Lipinski definition) is 1. The van der Waals surface area contributed by atoms with Gasteiger partial charge in [0, 0.05) is 13.0 Å². The van der Waals surface area contributed by atoms with Gasteiger partial charge < -0.3 is 10.1 Å². The number of carbonyl (C=O) groups is 1. The van der Waals surface area contributed by atoms with Gasteiger partial charge in [-0.1, -0.05) is 35.4 Å². The first-order valence-corrected chi connectivity index (χ1v) is 11.5. The van der Waals surface area contributed by atoms with Crippen LogP contribution in [0, 0.1) is 13.8 Å². The largest absolute Gasteiger partial charge is 0.491 e. The lowest BCUT2D eigenvalue weighted by Gasteiger charge is -2.22. The Morgan fingerprint density at radius 2 is 1.59 bits per heavy atom. The first-order chi connectivity index (χ1) is 13.6. The summed E-state index contributed by atoms with van der Waals surface area (Å²) in [4.78, 5) is 12.2. The van der Waals surface area contributed by atoms with Crippen LogP contribution in [0.1, 0.15) is 30.9 Å². The van der Waals surface area contributed by atoms with Gasteiger partial charge in [0.15, 0.2) is 0 Å². The van der Waals surface area contributed by atoms with E-state index in [4.69, 9.17) is 4.74 Å². The first-order valence-electron chi connectivity index (χ1n) is 9.68. The predicted octanol–water partition coefficient (Wildman–Crippen LogP) is 3.43. The quantitative estimate of drug-likeness (QED) is 0.641. The van der Waals surface area contributed by atoms with E-state index in [0.29, 0.717) is 18.7 Å². The van der Waals surface area contributed by atoms with Gasteiger partial charge in [-0.15, -0.1) is 0 Å². The summed E-state index contributed by atoms with van der Waals surface area (Å²) in [7, 11) is -3.41. The molecule has 0 bridgehead atoms. The van der Waals surface area contributed by atoms with Gasteiger partial charge in [0.05, 0.1) is 18.0 Å². The van der Waals surface area contributed by atoms with E-state index in [2.05, 4.69) is 5.32 Å². The number of hydrogen-bond acceptors (Lipinski definition) is 4. The molecule has 1 amide bonds. The molecule has 158 valence electrons. The van der Waals surface area contributed by atoms with Crippen LogP contribution in [0.15, 0.2) is 48.5 Å². The summed E-state index contributed by atoms with van der Waals surface area (Å²) in [6, 6.07) is 14.9. The normalized spacial score (nSPS) is 12.3. The summed E-state index contributed by atoms with van der Waals surface area (Å²) in [5, 5.41) is 2.89. The van der Waals surface area contributed by atoms with Crippen LogP contribution >= 0.6 is 0 Å². The molecule has 0 aromatic heterocycles. The maximum Gasteiger partial charge on any atom is 0.232 e. The number of carbonyl (C=O) groups excluding carboxylic acids is 1. The van der Waals surface area contributed by atoms with Gasteiger partial charge >= 0.3 is 0 Å². The number of amides is 1. The van der Waals surface area contributed by atoms with Crippen LogP contribution in [-0.2, 0) is 14.8 Å². The molecule has 29 heavy (non-hydrogen) atoms. The Labute approximate surface area is 173 Å². The van der Waals surface area contributed by atoms with Crippen LogP contribution in [0.2, 0.25) is 0 Å². The van der Waals surface area contributed by atoms with Crippen LogP contribution in [-0.4, -0.2) is 39.8 Å². The van der Waals surface area contributed by atoms with Crippen molar-refractivity contribution in [2.75, 3.05) is 23.7 Å². The fraction of sp³-hybridized carbons (Fsp3) is 0.409. The zero-order valence-corrected chi connectivity index (χ0v) is 18.3. The van der Waals surface area contributed by atoms with E-state index in [-0.39, 0.29) is 24.9 Å². The van der Waals surface area contributed by atoms with E-state index in [1.54, 1.807) is 12.1 Å². The highest BCUT2D eigenvalue weighted by Crippen LogP contribution is 2.19. The molecule has 0 saturated heterocycles. The maximum absolute atomic E-state index is 12.2. The minimum absolute atomic E-state index is 0.123. The SMILES string of the molecule is Cc1ccc(OC[C@@H](C)NC(=O)CCCN(c2ccc(C)cc2)S(C)(=O)=O)cc1. The summed E-state index contributed by atoms with van der Waals surface area (Å²) in [6.07, 6.45) is 1.85. The second-order valence-corrected chi connectivity index (χ2v) is 9.27. The van der Waals surface area contributed by atoms with Gasteiger partial charge in [-0.05, 0) is 51.5 Å². The molecule has 0 aliphatic rings. The lowest BCUT2D eigenvalue weighted by molar-refractivity contribution is -0.121. The van der Waals surface area contributed by atoms with E-state index >= 15 is 0 Å². The van der Waals surface area contributed by atoms with Crippen molar-refractivity contribution < 1.29 is 17.9 Å².